The lowest BCUT2D eigenvalue weighted by molar-refractivity contribution is -0.143. The molecule has 178 valence electrons. The minimum atomic E-state index is -1.49. The van der Waals surface area contributed by atoms with E-state index in [1.165, 1.54) is 19.4 Å². The van der Waals surface area contributed by atoms with Gasteiger partial charge in [-0.2, -0.15) is 0 Å². The third kappa shape index (κ3) is 9.12. The number of hydrogen-bond donors (Lipinski definition) is 7. The summed E-state index contributed by atoms with van der Waals surface area (Å²) in [6.45, 7) is 4.95. The molecule has 0 fully saturated rings. The predicted molar refractivity (Wildman–Crippen MR) is 111 cm³/mol. The van der Waals surface area contributed by atoms with Gasteiger partial charge in [-0.05, 0) is 19.3 Å². The average molecular weight is 454 g/mol. The lowest BCUT2D eigenvalue weighted by atomic mass is 10.0. The number of nitrogens with two attached hydrogens (primary N) is 1. The molecule has 1 aromatic heterocycles. The van der Waals surface area contributed by atoms with Crippen LogP contribution in [0.2, 0.25) is 0 Å². The minimum Gasteiger partial charge on any atom is -0.481 e. The highest BCUT2D eigenvalue weighted by atomic mass is 16.4. The van der Waals surface area contributed by atoms with Crippen molar-refractivity contribution in [3.63, 3.8) is 0 Å². The summed E-state index contributed by atoms with van der Waals surface area (Å²) in [6.07, 6.45) is 2.27. The maximum atomic E-state index is 12.8. The summed E-state index contributed by atoms with van der Waals surface area (Å²) in [5, 5.41) is 25.1. The van der Waals surface area contributed by atoms with Gasteiger partial charge in [0.25, 0.3) is 0 Å². The second kappa shape index (κ2) is 12.4. The van der Waals surface area contributed by atoms with Gasteiger partial charge in [0.15, 0.2) is 0 Å². The fourth-order valence-corrected chi connectivity index (χ4v) is 2.75. The van der Waals surface area contributed by atoms with E-state index in [-0.39, 0.29) is 12.3 Å². The molecule has 4 atom stereocenters. The van der Waals surface area contributed by atoms with Crippen LogP contribution in [0.1, 0.15) is 39.3 Å². The number of H-pyrrole nitrogens is 1. The Morgan fingerprint density at radius 1 is 1.00 bits per heavy atom. The molecule has 0 saturated heterocycles. The van der Waals surface area contributed by atoms with E-state index >= 15 is 0 Å². The lowest BCUT2D eigenvalue weighted by Crippen LogP contribution is -2.57. The zero-order chi connectivity index (χ0) is 24.4. The third-order valence-corrected chi connectivity index (χ3v) is 4.41. The van der Waals surface area contributed by atoms with Gasteiger partial charge in [-0.1, -0.05) is 13.8 Å². The first-order valence-corrected chi connectivity index (χ1v) is 9.99. The summed E-state index contributed by atoms with van der Waals surface area (Å²) in [5.41, 5.74) is 6.26. The lowest BCUT2D eigenvalue weighted by Gasteiger charge is -2.24. The van der Waals surface area contributed by atoms with Gasteiger partial charge < -0.3 is 36.9 Å². The number of hydrogen-bond acceptors (Lipinski definition) is 7. The molecule has 0 unspecified atom stereocenters. The molecule has 0 radical (unpaired) electrons. The molecule has 13 nitrogen and oxygen atoms in total. The second-order valence-corrected chi connectivity index (χ2v) is 7.81. The highest BCUT2D eigenvalue weighted by Crippen LogP contribution is 2.05. The average Bonchev–Trinajstić information content (AvgIpc) is 3.18. The molecule has 0 bridgehead atoms. The standard InChI is InChI=1S/C19H30N6O7/c1-9(2)4-12(20)16(28)24-14(6-15(26)27)18(30)25-13(5-11-7-21-8-22-11)17(29)23-10(3)19(31)32/h7-10,12-14H,4-6,20H2,1-3H3,(H,21,22)(H,23,29)(H,24,28)(H,25,30)(H,26,27)(H,31,32)/t10-,12-,13-,14-/m0/s1. The van der Waals surface area contributed by atoms with Crippen LogP contribution in [0.3, 0.4) is 0 Å². The van der Waals surface area contributed by atoms with Crippen LogP contribution in [0.15, 0.2) is 12.5 Å². The Labute approximate surface area is 184 Å². The van der Waals surface area contributed by atoms with Crippen LogP contribution in [0, 0.1) is 5.92 Å². The molecule has 0 aliphatic rings. The van der Waals surface area contributed by atoms with Crippen molar-refractivity contribution < 1.29 is 34.2 Å². The number of carbonyl (C=O) groups is 5. The molecule has 1 heterocycles. The van der Waals surface area contributed by atoms with Crippen molar-refractivity contribution in [2.24, 2.45) is 11.7 Å². The highest BCUT2D eigenvalue weighted by Gasteiger charge is 2.31. The van der Waals surface area contributed by atoms with Crippen molar-refractivity contribution >= 4 is 29.7 Å². The molecule has 0 spiro atoms. The van der Waals surface area contributed by atoms with Crippen LogP contribution < -0.4 is 21.7 Å². The van der Waals surface area contributed by atoms with Crippen LogP contribution in [-0.2, 0) is 30.4 Å². The van der Waals surface area contributed by atoms with Crippen molar-refractivity contribution in [2.45, 2.75) is 64.2 Å². The van der Waals surface area contributed by atoms with Gasteiger partial charge in [0.2, 0.25) is 17.7 Å². The number of aromatic amines is 1. The molecule has 1 aromatic rings. The van der Waals surface area contributed by atoms with E-state index in [0.717, 1.165) is 0 Å². The van der Waals surface area contributed by atoms with Gasteiger partial charge in [0.05, 0.1) is 18.8 Å². The van der Waals surface area contributed by atoms with E-state index in [9.17, 15) is 24.0 Å². The molecular formula is C19H30N6O7. The Hall–Kier alpha value is -3.48. The Morgan fingerprint density at radius 3 is 2.09 bits per heavy atom. The van der Waals surface area contributed by atoms with Crippen molar-refractivity contribution in [1.29, 1.82) is 0 Å². The first-order chi connectivity index (χ1) is 14.9. The third-order valence-electron chi connectivity index (χ3n) is 4.41. The van der Waals surface area contributed by atoms with Crippen LogP contribution in [0.4, 0.5) is 0 Å². The fraction of sp³-hybridized carbons (Fsp3) is 0.579. The van der Waals surface area contributed by atoms with Crippen LogP contribution in [-0.4, -0.2) is 74.0 Å². The summed E-state index contributed by atoms with van der Waals surface area (Å²) in [7, 11) is 0. The van der Waals surface area contributed by atoms with E-state index < -0.39 is 60.2 Å². The number of carboxylic acids is 2. The molecule has 32 heavy (non-hydrogen) atoms. The molecule has 0 saturated carbocycles. The topological polar surface area (TPSA) is 217 Å². The Bertz CT molecular complexity index is 811. The number of carbonyl (C=O) groups excluding carboxylic acids is 3. The number of aliphatic carboxylic acids is 2. The first kappa shape index (κ1) is 26.6. The van der Waals surface area contributed by atoms with Gasteiger partial charge in [0, 0.05) is 18.3 Å². The number of rotatable bonds is 13. The molecule has 1 rings (SSSR count). The number of imidazole rings is 1. The molecular weight excluding hydrogens is 424 g/mol. The number of carboxylic acid groups (broad SMARTS) is 2. The van der Waals surface area contributed by atoms with Crippen LogP contribution >= 0.6 is 0 Å². The van der Waals surface area contributed by atoms with E-state index in [0.29, 0.717) is 12.1 Å². The molecule has 3 amide bonds. The summed E-state index contributed by atoms with van der Waals surface area (Å²) < 4.78 is 0. The van der Waals surface area contributed by atoms with E-state index in [1.807, 2.05) is 13.8 Å². The normalized spacial score (nSPS) is 14.7. The van der Waals surface area contributed by atoms with Crippen LogP contribution in [0.5, 0.6) is 0 Å². The number of nitrogens with zero attached hydrogens (tertiary/aromatic N) is 1. The summed E-state index contributed by atoms with van der Waals surface area (Å²) in [5.74, 6) is -4.97. The SMILES string of the molecule is CC(C)C[C@H](N)C(=O)N[C@@H](CC(=O)O)C(=O)N[C@@H](Cc1cnc[nH]1)C(=O)N[C@@H](C)C(=O)O. The number of aromatic nitrogens is 2. The fourth-order valence-electron chi connectivity index (χ4n) is 2.75. The number of amides is 3. The largest absolute Gasteiger partial charge is 0.481 e. The van der Waals surface area contributed by atoms with Gasteiger partial charge in [-0.25, -0.2) is 4.98 Å². The first-order valence-electron chi connectivity index (χ1n) is 9.99. The summed E-state index contributed by atoms with van der Waals surface area (Å²) >= 11 is 0. The maximum absolute atomic E-state index is 12.8. The summed E-state index contributed by atoms with van der Waals surface area (Å²) in [6, 6.07) is -4.93. The Kier molecular flexibility index (Phi) is 10.3. The van der Waals surface area contributed by atoms with Gasteiger partial charge >= 0.3 is 11.9 Å². The van der Waals surface area contributed by atoms with E-state index in [1.54, 1.807) is 0 Å². The summed E-state index contributed by atoms with van der Waals surface area (Å²) in [4.78, 5) is 66.5. The van der Waals surface area contributed by atoms with Crippen molar-refractivity contribution in [3.8, 4) is 0 Å². The van der Waals surface area contributed by atoms with Gasteiger partial charge in [-0.15, -0.1) is 0 Å². The zero-order valence-electron chi connectivity index (χ0n) is 18.1. The van der Waals surface area contributed by atoms with Crippen molar-refractivity contribution in [1.82, 2.24) is 25.9 Å². The van der Waals surface area contributed by atoms with Gasteiger partial charge in [0.1, 0.15) is 18.1 Å². The predicted octanol–water partition coefficient (Wildman–Crippen LogP) is -1.64. The monoisotopic (exact) mass is 454 g/mol. The van der Waals surface area contributed by atoms with E-state index in [2.05, 4.69) is 25.9 Å². The maximum Gasteiger partial charge on any atom is 0.325 e. The molecule has 0 aliphatic carbocycles. The molecule has 13 heteroatoms. The number of nitrogens with one attached hydrogen (secondary N) is 4. The molecule has 0 aromatic carbocycles. The Morgan fingerprint density at radius 2 is 1.59 bits per heavy atom. The van der Waals surface area contributed by atoms with Crippen molar-refractivity contribution in [2.75, 3.05) is 0 Å². The van der Waals surface area contributed by atoms with Crippen LogP contribution in [0.25, 0.3) is 0 Å². The second-order valence-electron chi connectivity index (χ2n) is 7.81. The Balaban J connectivity index is 2.99. The highest BCUT2D eigenvalue weighted by molar-refractivity contribution is 5.95. The quantitative estimate of drug-likeness (QED) is 0.181. The zero-order valence-corrected chi connectivity index (χ0v) is 18.1. The smallest absolute Gasteiger partial charge is 0.325 e. The van der Waals surface area contributed by atoms with E-state index in [4.69, 9.17) is 15.9 Å². The van der Waals surface area contributed by atoms with Crippen molar-refractivity contribution in [3.05, 3.63) is 18.2 Å². The molecule has 8 N–H and O–H groups in total. The van der Waals surface area contributed by atoms with Gasteiger partial charge in [-0.3, -0.25) is 24.0 Å². The molecule has 0 aliphatic heterocycles. The minimum absolute atomic E-state index is 0.0789.